The van der Waals surface area contributed by atoms with Gasteiger partial charge in [0.2, 0.25) is 5.91 Å². The summed E-state index contributed by atoms with van der Waals surface area (Å²) in [5.74, 6) is 0.221. The lowest BCUT2D eigenvalue weighted by atomic mass is 10.2. The van der Waals surface area contributed by atoms with E-state index >= 15 is 0 Å². The molecule has 0 heterocycles. The van der Waals surface area contributed by atoms with E-state index in [4.69, 9.17) is 11.6 Å². The third kappa shape index (κ3) is 9.89. The van der Waals surface area contributed by atoms with Crippen LogP contribution in [0.2, 0.25) is 0 Å². The minimum Gasteiger partial charge on any atom is -0.354 e. The lowest BCUT2D eigenvalue weighted by molar-refractivity contribution is -0.121. The zero-order valence-electron chi connectivity index (χ0n) is 10.2. The maximum Gasteiger partial charge on any atom is 0.338 e. The molecule has 17 heavy (non-hydrogen) atoms. The Bertz CT molecular complexity index is 239. The fourth-order valence-electron chi connectivity index (χ4n) is 0.930. The van der Waals surface area contributed by atoms with Crippen LogP contribution >= 0.6 is 11.6 Å². The van der Waals surface area contributed by atoms with Crippen LogP contribution in [-0.4, -0.2) is 37.0 Å². The minimum absolute atomic E-state index is 0.0821. The van der Waals surface area contributed by atoms with Gasteiger partial charge in [0.1, 0.15) is 0 Å². The van der Waals surface area contributed by atoms with Crippen LogP contribution in [0.1, 0.15) is 26.7 Å². The molecule has 0 rings (SSSR count). The van der Waals surface area contributed by atoms with Gasteiger partial charge in [0.15, 0.2) is 0 Å². The van der Waals surface area contributed by atoms with Crippen molar-refractivity contribution < 1.29 is 14.4 Å². The number of hydroxylamine groups is 1. The maximum absolute atomic E-state index is 11.3. The number of amides is 3. The van der Waals surface area contributed by atoms with E-state index in [-0.39, 0.29) is 31.5 Å². The normalized spacial score (nSPS) is 11.7. The highest BCUT2D eigenvalue weighted by atomic mass is 35.5. The highest BCUT2D eigenvalue weighted by Crippen LogP contribution is 1.88. The summed E-state index contributed by atoms with van der Waals surface area (Å²) in [6, 6.07) is -0.324. The third-order valence-corrected chi connectivity index (χ3v) is 2.16. The molecule has 1 unspecified atom stereocenters. The van der Waals surface area contributed by atoms with Crippen molar-refractivity contribution in [1.82, 2.24) is 16.1 Å². The van der Waals surface area contributed by atoms with Gasteiger partial charge >= 0.3 is 6.03 Å². The third-order valence-electron chi connectivity index (χ3n) is 2.00. The molecule has 0 aromatic carbocycles. The molecule has 1 atom stereocenters. The van der Waals surface area contributed by atoms with Crippen LogP contribution in [0.3, 0.4) is 0 Å². The first-order valence-corrected chi connectivity index (χ1v) is 6.14. The molecule has 0 saturated carbocycles. The Kier molecular flexibility index (Phi) is 9.56. The van der Waals surface area contributed by atoms with Gasteiger partial charge in [-0.2, -0.15) is 0 Å². The number of urea groups is 1. The van der Waals surface area contributed by atoms with Gasteiger partial charge in [0, 0.05) is 24.9 Å². The Morgan fingerprint density at radius 3 is 2.71 bits per heavy atom. The molecular formula is C10H20ClN3O3. The quantitative estimate of drug-likeness (QED) is 0.344. The predicted octanol–water partition coefficient (Wildman–Crippen LogP) is 0.761. The van der Waals surface area contributed by atoms with Crippen molar-refractivity contribution in [2.45, 2.75) is 32.7 Å². The molecule has 0 aromatic heterocycles. The van der Waals surface area contributed by atoms with E-state index < -0.39 is 6.03 Å². The number of rotatable bonds is 8. The van der Waals surface area contributed by atoms with E-state index in [1.807, 2.05) is 13.8 Å². The summed E-state index contributed by atoms with van der Waals surface area (Å²) in [5, 5.41) is 5.28. The Hall–Kier alpha value is -1.01. The number of carbonyl (C=O) groups is 2. The van der Waals surface area contributed by atoms with Crippen LogP contribution in [0, 0.1) is 0 Å². The zero-order valence-corrected chi connectivity index (χ0v) is 11.0. The fourth-order valence-corrected chi connectivity index (χ4v) is 1.01. The molecule has 0 radical (unpaired) electrons. The summed E-state index contributed by atoms with van der Waals surface area (Å²) in [5.41, 5.74) is 2.14. The van der Waals surface area contributed by atoms with E-state index in [1.165, 1.54) is 0 Å². The van der Waals surface area contributed by atoms with Crippen LogP contribution in [0.15, 0.2) is 0 Å². The van der Waals surface area contributed by atoms with Crippen LogP contribution in [0.5, 0.6) is 0 Å². The lowest BCUT2D eigenvalue weighted by Crippen LogP contribution is -2.39. The molecule has 0 fully saturated rings. The smallest absolute Gasteiger partial charge is 0.338 e. The summed E-state index contributed by atoms with van der Waals surface area (Å²) in [4.78, 5) is 27.1. The highest BCUT2D eigenvalue weighted by Gasteiger charge is 2.06. The van der Waals surface area contributed by atoms with Crippen LogP contribution < -0.4 is 16.1 Å². The van der Waals surface area contributed by atoms with E-state index in [2.05, 4.69) is 21.0 Å². The minimum atomic E-state index is -0.480. The standard InChI is InChI=1S/C10H20ClN3O3/c1-3-8(2)13-9(15)4-6-12-10(16)14-17-7-5-11/h8H,3-7H2,1-2H3,(H,13,15)(H2,12,14,16). The van der Waals surface area contributed by atoms with Gasteiger partial charge in [-0.1, -0.05) is 6.92 Å². The van der Waals surface area contributed by atoms with Crippen molar-refractivity contribution in [2.24, 2.45) is 0 Å². The number of halogens is 1. The molecule has 100 valence electrons. The molecule has 0 saturated heterocycles. The molecule has 7 heteroatoms. The number of nitrogens with one attached hydrogen (secondary N) is 3. The molecule has 0 bridgehead atoms. The summed E-state index contributed by atoms with van der Waals surface area (Å²) in [6.07, 6.45) is 1.12. The lowest BCUT2D eigenvalue weighted by Gasteiger charge is -2.11. The molecule has 0 aliphatic heterocycles. The topological polar surface area (TPSA) is 79.5 Å². The summed E-state index contributed by atoms with van der Waals surface area (Å²) < 4.78 is 0. The highest BCUT2D eigenvalue weighted by molar-refractivity contribution is 6.17. The van der Waals surface area contributed by atoms with Gasteiger partial charge in [0.25, 0.3) is 0 Å². The SMILES string of the molecule is CCC(C)NC(=O)CCNC(=O)NOCCCl. The molecule has 6 nitrogen and oxygen atoms in total. The molecule has 0 aliphatic rings. The predicted molar refractivity (Wildman–Crippen MR) is 65.7 cm³/mol. The number of hydrogen-bond acceptors (Lipinski definition) is 3. The molecule has 0 aromatic rings. The van der Waals surface area contributed by atoms with Gasteiger partial charge in [-0.3, -0.25) is 9.63 Å². The number of hydrogen-bond donors (Lipinski definition) is 3. The molecule has 0 spiro atoms. The Labute approximate surface area is 106 Å². The fraction of sp³-hybridized carbons (Fsp3) is 0.800. The van der Waals surface area contributed by atoms with Crippen LogP contribution in [-0.2, 0) is 9.63 Å². The van der Waals surface area contributed by atoms with Gasteiger partial charge in [-0.05, 0) is 13.3 Å². The van der Waals surface area contributed by atoms with E-state index in [9.17, 15) is 9.59 Å². The van der Waals surface area contributed by atoms with Crippen molar-refractivity contribution in [2.75, 3.05) is 19.0 Å². The van der Waals surface area contributed by atoms with E-state index in [1.54, 1.807) is 0 Å². The van der Waals surface area contributed by atoms with Crippen molar-refractivity contribution in [1.29, 1.82) is 0 Å². The molecule has 3 N–H and O–H groups in total. The van der Waals surface area contributed by atoms with E-state index in [0.717, 1.165) is 6.42 Å². The average Bonchev–Trinajstić information content (AvgIpc) is 2.29. The monoisotopic (exact) mass is 265 g/mol. The van der Waals surface area contributed by atoms with E-state index in [0.29, 0.717) is 5.88 Å². The molecule has 3 amide bonds. The van der Waals surface area contributed by atoms with Gasteiger partial charge in [-0.15, -0.1) is 11.6 Å². The largest absolute Gasteiger partial charge is 0.354 e. The summed E-state index contributed by atoms with van der Waals surface area (Å²) >= 11 is 5.34. The second-order valence-electron chi connectivity index (χ2n) is 3.52. The maximum atomic E-state index is 11.3. The summed E-state index contributed by atoms with van der Waals surface area (Å²) in [6.45, 7) is 4.42. The van der Waals surface area contributed by atoms with Crippen molar-refractivity contribution in [3.63, 3.8) is 0 Å². The van der Waals surface area contributed by atoms with Gasteiger partial charge in [-0.25, -0.2) is 10.3 Å². The Morgan fingerprint density at radius 1 is 1.41 bits per heavy atom. The number of alkyl halides is 1. The summed E-state index contributed by atoms with van der Waals surface area (Å²) in [7, 11) is 0. The zero-order chi connectivity index (χ0) is 13.1. The second-order valence-corrected chi connectivity index (χ2v) is 3.90. The van der Waals surface area contributed by atoms with Gasteiger partial charge < -0.3 is 10.6 Å². The van der Waals surface area contributed by atoms with Crippen LogP contribution in [0.25, 0.3) is 0 Å². The number of carbonyl (C=O) groups excluding carboxylic acids is 2. The first-order chi connectivity index (χ1) is 8.10. The Balaban J connectivity index is 3.49. The van der Waals surface area contributed by atoms with Crippen molar-refractivity contribution in [3.05, 3.63) is 0 Å². The average molecular weight is 266 g/mol. The molecular weight excluding hydrogens is 246 g/mol. The van der Waals surface area contributed by atoms with Crippen molar-refractivity contribution in [3.8, 4) is 0 Å². The van der Waals surface area contributed by atoms with Gasteiger partial charge in [0.05, 0.1) is 6.61 Å². The Morgan fingerprint density at radius 2 is 2.12 bits per heavy atom. The van der Waals surface area contributed by atoms with Crippen molar-refractivity contribution >= 4 is 23.5 Å². The first-order valence-electron chi connectivity index (χ1n) is 5.61. The van der Waals surface area contributed by atoms with Crippen LogP contribution in [0.4, 0.5) is 4.79 Å². The molecule has 0 aliphatic carbocycles. The second kappa shape index (κ2) is 10.2. The first kappa shape index (κ1) is 16.0.